The average molecular weight is 322 g/mol. The first-order valence-corrected chi connectivity index (χ1v) is 8.88. The molecule has 1 aliphatic carbocycles. The highest BCUT2D eigenvalue weighted by molar-refractivity contribution is 7.09. The number of rotatable bonds is 3. The number of hydrogen-bond acceptors (Lipinski definition) is 4. The van der Waals surface area contributed by atoms with Crippen LogP contribution in [0.2, 0.25) is 0 Å². The van der Waals surface area contributed by atoms with Crippen molar-refractivity contribution in [2.45, 2.75) is 64.0 Å². The summed E-state index contributed by atoms with van der Waals surface area (Å²) in [5.74, 6) is -0.475. The second-order valence-corrected chi connectivity index (χ2v) is 7.53. The fourth-order valence-electron chi connectivity index (χ4n) is 3.76. The van der Waals surface area contributed by atoms with Crippen molar-refractivity contribution in [3.63, 3.8) is 0 Å². The molecule has 3 atom stereocenters. The number of hydrogen-bond donors (Lipinski definition) is 1. The lowest BCUT2D eigenvalue weighted by molar-refractivity contribution is -0.141. The molecule has 1 aromatic heterocycles. The van der Waals surface area contributed by atoms with Crippen LogP contribution < -0.4 is 0 Å². The van der Waals surface area contributed by atoms with Gasteiger partial charge in [0.2, 0.25) is 0 Å². The Morgan fingerprint density at radius 1 is 1.36 bits per heavy atom. The summed E-state index contributed by atoms with van der Waals surface area (Å²) in [6.07, 6.45) is 4.76. The highest BCUT2D eigenvalue weighted by Crippen LogP contribution is 2.40. The quantitative estimate of drug-likeness (QED) is 0.928. The highest BCUT2D eigenvalue weighted by atomic mass is 32.1. The van der Waals surface area contributed by atoms with E-state index in [9.17, 15) is 14.7 Å². The lowest BCUT2D eigenvalue weighted by atomic mass is 9.84. The van der Waals surface area contributed by atoms with Crippen LogP contribution in [0.4, 0.5) is 0 Å². The van der Waals surface area contributed by atoms with E-state index in [0.717, 1.165) is 30.7 Å². The number of aliphatic carboxylic acids is 1. The predicted octanol–water partition coefficient (Wildman–Crippen LogP) is 3.12. The lowest BCUT2D eigenvalue weighted by Gasteiger charge is -2.32. The Labute approximate surface area is 134 Å². The molecule has 0 bridgehead atoms. The molecule has 1 amide bonds. The molecule has 22 heavy (non-hydrogen) atoms. The highest BCUT2D eigenvalue weighted by Gasteiger charge is 2.48. The van der Waals surface area contributed by atoms with Gasteiger partial charge in [0.1, 0.15) is 11.7 Å². The molecule has 1 N–H and O–H groups in total. The normalized spacial score (nSPS) is 28.0. The lowest BCUT2D eigenvalue weighted by Crippen LogP contribution is -2.46. The molecule has 0 spiro atoms. The minimum Gasteiger partial charge on any atom is -0.480 e. The van der Waals surface area contributed by atoms with Crippen LogP contribution in [0, 0.1) is 5.92 Å². The van der Waals surface area contributed by atoms with E-state index in [1.54, 1.807) is 10.3 Å². The maximum atomic E-state index is 12.9. The number of nitrogens with zero attached hydrogens (tertiary/aromatic N) is 2. The molecular formula is C16H22N2O3S. The third-order valence-corrected chi connectivity index (χ3v) is 5.99. The number of amides is 1. The van der Waals surface area contributed by atoms with Gasteiger partial charge < -0.3 is 10.0 Å². The molecule has 0 unspecified atom stereocenters. The Morgan fingerprint density at radius 2 is 2.09 bits per heavy atom. The first-order chi connectivity index (χ1) is 10.5. The number of carbonyl (C=O) groups is 2. The number of carboxylic acid groups (broad SMARTS) is 1. The number of likely N-dealkylation sites (tertiary alicyclic amines) is 1. The van der Waals surface area contributed by atoms with E-state index in [0.29, 0.717) is 18.0 Å². The molecule has 120 valence electrons. The zero-order valence-corrected chi connectivity index (χ0v) is 13.8. The van der Waals surface area contributed by atoms with Crippen molar-refractivity contribution in [2.24, 2.45) is 5.92 Å². The number of thiazole rings is 1. The van der Waals surface area contributed by atoms with Crippen LogP contribution in [0.3, 0.4) is 0 Å². The molecule has 2 aliphatic rings. The average Bonchev–Trinajstić information content (AvgIpc) is 3.11. The van der Waals surface area contributed by atoms with Gasteiger partial charge in [-0.3, -0.25) is 4.79 Å². The number of aromatic nitrogens is 1. The molecule has 0 radical (unpaired) electrons. The van der Waals surface area contributed by atoms with Gasteiger partial charge in [-0.15, -0.1) is 11.3 Å². The van der Waals surface area contributed by atoms with E-state index >= 15 is 0 Å². The van der Waals surface area contributed by atoms with Crippen LogP contribution in [0.15, 0.2) is 5.38 Å². The van der Waals surface area contributed by atoms with E-state index in [4.69, 9.17) is 0 Å². The molecule has 2 heterocycles. The fraction of sp³-hybridized carbons (Fsp3) is 0.688. The van der Waals surface area contributed by atoms with Crippen molar-refractivity contribution >= 4 is 23.2 Å². The summed E-state index contributed by atoms with van der Waals surface area (Å²) < 4.78 is 0. The van der Waals surface area contributed by atoms with Gasteiger partial charge in [0.15, 0.2) is 0 Å². The molecule has 0 aromatic carbocycles. The van der Waals surface area contributed by atoms with Crippen LogP contribution in [-0.2, 0) is 4.79 Å². The maximum absolute atomic E-state index is 12.9. The number of fused-ring (bicyclic) bond motifs is 1. The summed E-state index contributed by atoms with van der Waals surface area (Å²) in [4.78, 5) is 30.5. The third-order valence-electron chi connectivity index (χ3n) is 4.84. The Morgan fingerprint density at radius 3 is 2.73 bits per heavy atom. The molecule has 6 heteroatoms. The maximum Gasteiger partial charge on any atom is 0.326 e. The Hall–Kier alpha value is -1.43. The molecule has 1 aromatic rings. The van der Waals surface area contributed by atoms with Gasteiger partial charge in [0.25, 0.3) is 5.91 Å². The van der Waals surface area contributed by atoms with E-state index in [1.807, 2.05) is 13.8 Å². The van der Waals surface area contributed by atoms with Crippen molar-refractivity contribution in [1.82, 2.24) is 9.88 Å². The predicted molar refractivity (Wildman–Crippen MR) is 84.2 cm³/mol. The van der Waals surface area contributed by atoms with E-state index in [1.165, 1.54) is 11.3 Å². The van der Waals surface area contributed by atoms with Gasteiger partial charge in [0.05, 0.1) is 5.01 Å². The van der Waals surface area contributed by atoms with Gasteiger partial charge in [-0.1, -0.05) is 26.7 Å². The van der Waals surface area contributed by atoms with Crippen molar-refractivity contribution < 1.29 is 14.7 Å². The zero-order chi connectivity index (χ0) is 15.9. The second kappa shape index (κ2) is 5.99. The van der Waals surface area contributed by atoms with Crippen LogP contribution in [0.25, 0.3) is 0 Å². The Kier molecular flexibility index (Phi) is 4.21. The van der Waals surface area contributed by atoms with Crippen LogP contribution in [0.5, 0.6) is 0 Å². The minimum absolute atomic E-state index is 0.0755. The second-order valence-electron chi connectivity index (χ2n) is 6.64. The van der Waals surface area contributed by atoms with Crippen molar-refractivity contribution in [3.05, 3.63) is 16.1 Å². The standard InChI is InChI=1S/C16H22N2O3S/c1-9(2)14-17-11(8-22-14)15(19)18-12-6-4-3-5-10(12)7-13(18)16(20)21/h8-10,12-13H,3-7H2,1-2H3,(H,20,21)/t10-,12+,13-/m0/s1. The molecule has 5 nitrogen and oxygen atoms in total. The first kappa shape index (κ1) is 15.5. The van der Waals surface area contributed by atoms with E-state index < -0.39 is 12.0 Å². The summed E-state index contributed by atoms with van der Waals surface area (Å²) in [5.41, 5.74) is 0.408. The Bertz CT molecular complexity index is 584. The summed E-state index contributed by atoms with van der Waals surface area (Å²) in [7, 11) is 0. The summed E-state index contributed by atoms with van der Waals surface area (Å²) in [6.45, 7) is 4.08. The third kappa shape index (κ3) is 2.64. The monoisotopic (exact) mass is 322 g/mol. The molecule has 2 fully saturated rings. The fourth-order valence-corrected chi connectivity index (χ4v) is 4.57. The molecule has 1 saturated heterocycles. The first-order valence-electron chi connectivity index (χ1n) is 8.00. The summed E-state index contributed by atoms with van der Waals surface area (Å²) >= 11 is 1.48. The van der Waals surface area contributed by atoms with Crippen molar-refractivity contribution in [2.75, 3.05) is 0 Å². The SMILES string of the molecule is CC(C)c1nc(C(=O)N2[C@@H]3CCCC[C@H]3C[C@H]2C(=O)O)cs1. The molecule has 1 aliphatic heterocycles. The van der Waals surface area contributed by atoms with Crippen LogP contribution in [-0.4, -0.2) is 39.0 Å². The van der Waals surface area contributed by atoms with E-state index in [2.05, 4.69) is 4.98 Å². The number of carbonyl (C=O) groups excluding carboxylic acids is 1. The van der Waals surface area contributed by atoms with Gasteiger partial charge in [-0.25, -0.2) is 9.78 Å². The summed E-state index contributed by atoms with van der Waals surface area (Å²) in [6, 6.07) is -0.614. The topological polar surface area (TPSA) is 70.5 Å². The molecular weight excluding hydrogens is 300 g/mol. The van der Waals surface area contributed by atoms with Gasteiger partial charge in [-0.2, -0.15) is 0 Å². The summed E-state index contributed by atoms with van der Waals surface area (Å²) in [5, 5.41) is 12.2. The van der Waals surface area contributed by atoms with E-state index in [-0.39, 0.29) is 17.9 Å². The number of carboxylic acids is 1. The molecule has 3 rings (SSSR count). The van der Waals surface area contributed by atoms with Crippen molar-refractivity contribution in [3.8, 4) is 0 Å². The zero-order valence-electron chi connectivity index (χ0n) is 13.0. The van der Waals surface area contributed by atoms with Crippen LogP contribution in [0.1, 0.15) is 67.4 Å². The Balaban J connectivity index is 1.88. The van der Waals surface area contributed by atoms with Gasteiger partial charge >= 0.3 is 5.97 Å². The largest absolute Gasteiger partial charge is 0.480 e. The van der Waals surface area contributed by atoms with Gasteiger partial charge in [-0.05, 0) is 25.2 Å². The van der Waals surface area contributed by atoms with Crippen molar-refractivity contribution in [1.29, 1.82) is 0 Å². The molecule has 1 saturated carbocycles. The van der Waals surface area contributed by atoms with Gasteiger partial charge in [0, 0.05) is 17.3 Å². The smallest absolute Gasteiger partial charge is 0.326 e. The minimum atomic E-state index is -0.887. The van der Waals surface area contributed by atoms with Crippen LogP contribution >= 0.6 is 11.3 Å².